The molecule has 0 saturated heterocycles. The maximum Gasteiger partial charge on any atom is 0.490 e. The average molecular weight is 327 g/mol. The molecule has 0 unspecified atom stereocenters. The molecule has 0 bridgehead atoms. The summed E-state index contributed by atoms with van der Waals surface area (Å²) in [5.74, 6) is -3.29. The molecule has 0 fully saturated rings. The summed E-state index contributed by atoms with van der Waals surface area (Å²) < 4.78 is 31.7. The number of alkyl halides is 3. The lowest BCUT2D eigenvalue weighted by Gasteiger charge is -1.96. The van der Waals surface area contributed by atoms with E-state index in [4.69, 9.17) is 15.6 Å². The Morgan fingerprint density at radius 2 is 1.87 bits per heavy atom. The second-order valence-corrected chi connectivity index (χ2v) is 4.19. The molecule has 11 heteroatoms. The second-order valence-electron chi connectivity index (χ2n) is 4.19. The Morgan fingerprint density at radius 1 is 1.22 bits per heavy atom. The summed E-state index contributed by atoms with van der Waals surface area (Å²) in [6, 6.07) is 3.62. The SMILES string of the molecule is NC(=O)c1[nH]nc2c1ccc1cncnc12.O=C(O)C(F)(F)F. The van der Waals surface area contributed by atoms with Gasteiger partial charge in [0.2, 0.25) is 0 Å². The number of hydrogen-bond donors (Lipinski definition) is 3. The van der Waals surface area contributed by atoms with E-state index in [0.717, 1.165) is 5.39 Å². The van der Waals surface area contributed by atoms with E-state index < -0.39 is 18.1 Å². The predicted octanol–water partition coefficient (Wildman–Crippen LogP) is 1.24. The largest absolute Gasteiger partial charge is 0.490 e. The molecule has 23 heavy (non-hydrogen) atoms. The van der Waals surface area contributed by atoms with Crippen molar-refractivity contribution in [2.24, 2.45) is 5.73 Å². The number of carbonyl (C=O) groups excluding carboxylic acids is 1. The monoisotopic (exact) mass is 327 g/mol. The van der Waals surface area contributed by atoms with Crippen molar-refractivity contribution in [1.82, 2.24) is 20.2 Å². The van der Waals surface area contributed by atoms with Crippen LogP contribution in [0.5, 0.6) is 0 Å². The fourth-order valence-corrected chi connectivity index (χ4v) is 1.71. The molecule has 2 heterocycles. The number of fused-ring (bicyclic) bond motifs is 3. The second kappa shape index (κ2) is 5.87. The van der Waals surface area contributed by atoms with E-state index in [1.54, 1.807) is 12.3 Å². The number of nitrogens with one attached hydrogen (secondary N) is 1. The minimum absolute atomic E-state index is 0.301. The zero-order valence-corrected chi connectivity index (χ0v) is 11.1. The number of benzene rings is 1. The van der Waals surface area contributed by atoms with Crippen LogP contribution in [0.4, 0.5) is 13.2 Å². The van der Waals surface area contributed by atoms with Gasteiger partial charge in [-0.1, -0.05) is 6.07 Å². The van der Waals surface area contributed by atoms with E-state index in [9.17, 15) is 18.0 Å². The van der Waals surface area contributed by atoms with E-state index in [0.29, 0.717) is 22.1 Å². The number of amides is 1. The van der Waals surface area contributed by atoms with Crippen LogP contribution in [-0.4, -0.2) is 43.3 Å². The maximum atomic E-state index is 11.1. The summed E-state index contributed by atoms with van der Waals surface area (Å²) in [6.45, 7) is 0. The van der Waals surface area contributed by atoms with Gasteiger partial charge >= 0.3 is 12.1 Å². The van der Waals surface area contributed by atoms with Crippen LogP contribution in [0.3, 0.4) is 0 Å². The lowest BCUT2D eigenvalue weighted by molar-refractivity contribution is -0.192. The zero-order valence-electron chi connectivity index (χ0n) is 11.1. The van der Waals surface area contributed by atoms with E-state index in [2.05, 4.69) is 20.2 Å². The number of carbonyl (C=O) groups is 2. The summed E-state index contributed by atoms with van der Waals surface area (Å²) in [5, 5.41) is 15.3. The van der Waals surface area contributed by atoms with Crippen molar-refractivity contribution in [3.05, 3.63) is 30.4 Å². The Bertz CT molecular complexity index is 890. The van der Waals surface area contributed by atoms with Gasteiger partial charge in [0, 0.05) is 17.0 Å². The van der Waals surface area contributed by atoms with Gasteiger partial charge in [0.25, 0.3) is 5.91 Å². The number of hydrogen-bond acceptors (Lipinski definition) is 5. The number of aromatic nitrogens is 4. The van der Waals surface area contributed by atoms with Crippen molar-refractivity contribution in [2.75, 3.05) is 0 Å². The highest BCUT2D eigenvalue weighted by molar-refractivity contribution is 6.11. The Morgan fingerprint density at radius 3 is 2.43 bits per heavy atom. The lowest BCUT2D eigenvalue weighted by atomic mass is 10.1. The van der Waals surface area contributed by atoms with Gasteiger partial charge in [0.15, 0.2) is 0 Å². The van der Waals surface area contributed by atoms with Gasteiger partial charge in [-0.3, -0.25) is 9.89 Å². The first-order valence-corrected chi connectivity index (χ1v) is 5.88. The summed E-state index contributed by atoms with van der Waals surface area (Å²) in [7, 11) is 0. The molecule has 0 aliphatic heterocycles. The van der Waals surface area contributed by atoms with Crippen molar-refractivity contribution in [3.63, 3.8) is 0 Å². The summed E-state index contributed by atoms with van der Waals surface area (Å²) in [4.78, 5) is 28.1. The number of carboxylic acids is 1. The first-order valence-electron chi connectivity index (χ1n) is 5.88. The number of H-pyrrole nitrogens is 1. The number of nitrogens with zero attached hydrogens (tertiary/aromatic N) is 3. The molecule has 1 amide bonds. The number of carboxylic acid groups (broad SMARTS) is 1. The standard InChI is InChI=1S/C10H7N5O.C2HF3O2/c11-10(16)9-6-2-1-5-3-12-4-13-7(5)8(6)14-15-9;3-2(4,5)1(6)7/h1-4H,(H2,11,16)(H,14,15);(H,6,7). The third-order valence-electron chi connectivity index (χ3n) is 2.69. The van der Waals surface area contributed by atoms with Crippen molar-refractivity contribution >= 4 is 33.7 Å². The van der Waals surface area contributed by atoms with Crippen molar-refractivity contribution in [1.29, 1.82) is 0 Å². The molecule has 0 atom stereocenters. The lowest BCUT2D eigenvalue weighted by Crippen LogP contribution is -2.21. The molecule has 8 nitrogen and oxygen atoms in total. The summed E-state index contributed by atoms with van der Waals surface area (Å²) >= 11 is 0. The van der Waals surface area contributed by atoms with Crippen LogP contribution in [-0.2, 0) is 4.79 Å². The van der Waals surface area contributed by atoms with Crippen molar-refractivity contribution < 1.29 is 27.9 Å². The molecule has 0 spiro atoms. The van der Waals surface area contributed by atoms with Crippen LogP contribution >= 0.6 is 0 Å². The minimum atomic E-state index is -5.08. The van der Waals surface area contributed by atoms with Crippen LogP contribution in [0, 0.1) is 0 Å². The third-order valence-corrected chi connectivity index (χ3v) is 2.69. The fourth-order valence-electron chi connectivity index (χ4n) is 1.71. The highest BCUT2D eigenvalue weighted by Crippen LogP contribution is 2.22. The Labute approximate surface area is 125 Å². The molecule has 3 rings (SSSR count). The van der Waals surface area contributed by atoms with E-state index >= 15 is 0 Å². The highest BCUT2D eigenvalue weighted by atomic mass is 19.4. The van der Waals surface area contributed by atoms with Gasteiger partial charge in [0.1, 0.15) is 23.1 Å². The van der Waals surface area contributed by atoms with Crippen LogP contribution in [0.1, 0.15) is 10.5 Å². The quantitative estimate of drug-likeness (QED) is 0.615. The van der Waals surface area contributed by atoms with E-state index in [-0.39, 0.29) is 0 Å². The van der Waals surface area contributed by atoms with Gasteiger partial charge in [-0.2, -0.15) is 18.3 Å². The van der Waals surface area contributed by atoms with Gasteiger partial charge in [0.05, 0.1) is 0 Å². The number of nitrogens with two attached hydrogens (primary N) is 1. The van der Waals surface area contributed by atoms with Gasteiger partial charge in [-0.25, -0.2) is 14.8 Å². The van der Waals surface area contributed by atoms with Crippen molar-refractivity contribution in [3.8, 4) is 0 Å². The smallest absolute Gasteiger partial charge is 0.475 e. The third kappa shape index (κ3) is 3.33. The number of rotatable bonds is 1. The number of aromatic amines is 1. The molecule has 0 radical (unpaired) electrons. The average Bonchev–Trinajstić information content (AvgIpc) is 2.91. The molecular formula is C12H8F3N5O3. The number of halogens is 3. The number of primary amides is 1. The molecule has 0 saturated carbocycles. The molecule has 0 aliphatic carbocycles. The van der Waals surface area contributed by atoms with Crippen LogP contribution in [0.25, 0.3) is 21.8 Å². The summed E-state index contributed by atoms with van der Waals surface area (Å²) in [6.07, 6.45) is -1.94. The Balaban J connectivity index is 0.000000236. The molecule has 0 aliphatic rings. The Kier molecular flexibility index (Phi) is 4.12. The molecular weight excluding hydrogens is 319 g/mol. The van der Waals surface area contributed by atoms with Gasteiger partial charge in [-0.15, -0.1) is 0 Å². The van der Waals surface area contributed by atoms with Crippen LogP contribution < -0.4 is 5.73 Å². The molecule has 3 aromatic rings. The van der Waals surface area contributed by atoms with E-state index in [1.807, 2.05) is 6.07 Å². The minimum Gasteiger partial charge on any atom is -0.475 e. The Hall–Kier alpha value is -3.24. The topological polar surface area (TPSA) is 135 Å². The zero-order chi connectivity index (χ0) is 17.2. The fraction of sp³-hybridized carbons (Fsp3) is 0.0833. The van der Waals surface area contributed by atoms with Gasteiger partial charge < -0.3 is 10.8 Å². The maximum absolute atomic E-state index is 11.1. The molecule has 1 aromatic carbocycles. The number of aliphatic carboxylic acids is 1. The highest BCUT2D eigenvalue weighted by Gasteiger charge is 2.38. The molecule has 120 valence electrons. The predicted molar refractivity (Wildman–Crippen MR) is 71.4 cm³/mol. The molecule has 4 N–H and O–H groups in total. The van der Waals surface area contributed by atoms with Crippen LogP contribution in [0.2, 0.25) is 0 Å². The summed E-state index contributed by atoms with van der Waals surface area (Å²) in [5.41, 5.74) is 6.86. The first-order chi connectivity index (χ1) is 10.7. The van der Waals surface area contributed by atoms with Crippen LogP contribution in [0.15, 0.2) is 24.7 Å². The van der Waals surface area contributed by atoms with Gasteiger partial charge in [-0.05, 0) is 6.07 Å². The normalized spacial score (nSPS) is 11.1. The molecule has 2 aromatic heterocycles. The first kappa shape index (κ1) is 16.1. The van der Waals surface area contributed by atoms with E-state index in [1.165, 1.54) is 6.33 Å². The van der Waals surface area contributed by atoms with Crippen molar-refractivity contribution in [2.45, 2.75) is 6.18 Å².